The average molecular weight is 247 g/mol. The second-order valence-electron chi connectivity index (χ2n) is 3.86. The van der Waals surface area contributed by atoms with Crippen LogP contribution < -0.4 is 11.1 Å². The molecule has 0 unspecified atom stereocenters. The van der Waals surface area contributed by atoms with Gasteiger partial charge in [0.25, 0.3) is 5.91 Å². The Morgan fingerprint density at radius 3 is 2.53 bits per heavy atom. The van der Waals surface area contributed by atoms with Gasteiger partial charge in [-0.05, 0) is 37.1 Å². The Hall–Kier alpha value is -1.88. The van der Waals surface area contributed by atoms with Gasteiger partial charge in [-0.25, -0.2) is 4.98 Å². The minimum Gasteiger partial charge on any atom is -0.399 e. The number of nitrogens with zero attached hydrogens (tertiary/aromatic N) is 1. The van der Waals surface area contributed by atoms with Gasteiger partial charge in [-0.2, -0.15) is 0 Å². The van der Waals surface area contributed by atoms with Gasteiger partial charge in [0.2, 0.25) is 0 Å². The maximum absolute atomic E-state index is 11.9. The zero-order chi connectivity index (χ0) is 12.4. The molecule has 5 heteroatoms. The van der Waals surface area contributed by atoms with Crippen molar-refractivity contribution in [3.05, 3.63) is 39.8 Å². The molecule has 1 aromatic heterocycles. The predicted molar refractivity (Wildman–Crippen MR) is 70.4 cm³/mol. The SMILES string of the molecule is Cc1cc(N)cc(C)c1NC(=O)c1cscn1. The normalized spacial score (nSPS) is 10.2. The van der Waals surface area contributed by atoms with Crippen LogP contribution in [0.4, 0.5) is 11.4 Å². The highest BCUT2D eigenvalue weighted by Crippen LogP contribution is 2.23. The minimum absolute atomic E-state index is 0.192. The quantitative estimate of drug-likeness (QED) is 0.801. The first kappa shape index (κ1) is 11.6. The molecule has 1 amide bonds. The lowest BCUT2D eigenvalue weighted by Crippen LogP contribution is -2.14. The third-order valence-electron chi connectivity index (χ3n) is 2.46. The molecular formula is C12H13N3OS. The van der Waals surface area contributed by atoms with Crippen LogP contribution in [-0.4, -0.2) is 10.9 Å². The minimum atomic E-state index is -0.192. The molecule has 0 aliphatic heterocycles. The standard InChI is InChI=1S/C12H13N3OS/c1-7-3-9(13)4-8(2)11(7)15-12(16)10-5-17-6-14-10/h3-6H,13H2,1-2H3,(H,15,16). The second-order valence-corrected chi connectivity index (χ2v) is 4.58. The first-order valence-corrected chi connectivity index (χ1v) is 6.08. The smallest absolute Gasteiger partial charge is 0.275 e. The number of hydrogen-bond acceptors (Lipinski definition) is 4. The predicted octanol–water partition coefficient (Wildman–Crippen LogP) is 2.59. The first-order valence-electron chi connectivity index (χ1n) is 5.14. The fourth-order valence-electron chi connectivity index (χ4n) is 1.70. The highest BCUT2D eigenvalue weighted by molar-refractivity contribution is 7.07. The van der Waals surface area contributed by atoms with Crippen molar-refractivity contribution in [2.75, 3.05) is 11.1 Å². The Balaban J connectivity index is 2.28. The van der Waals surface area contributed by atoms with Crippen molar-refractivity contribution in [3.8, 4) is 0 Å². The van der Waals surface area contributed by atoms with Crippen molar-refractivity contribution in [2.24, 2.45) is 0 Å². The number of amides is 1. The summed E-state index contributed by atoms with van der Waals surface area (Å²) in [7, 11) is 0. The number of rotatable bonds is 2. The maximum Gasteiger partial charge on any atom is 0.275 e. The van der Waals surface area contributed by atoms with Crippen LogP contribution in [0, 0.1) is 13.8 Å². The van der Waals surface area contributed by atoms with E-state index >= 15 is 0 Å². The molecule has 0 saturated heterocycles. The van der Waals surface area contributed by atoms with Crippen LogP contribution >= 0.6 is 11.3 Å². The second kappa shape index (κ2) is 4.55. The van der Waals surface area contributed by atoms with Crippen LogP contribution in [0.15, 0.2) is 23.0 Å². The number of nitrogen functional groups attached to an aromatic ring is 1. The number of anilines is 2. The molecule has 1 heterocycles. The summed E-state index contributed by atoms with van der Waals surface area (Å²) in [4.78, 5) is 15.8. The summed E-state index contributed by atoms with van der Waals surface area (Å²) < 4.78 is 0. The van der Waals surface area contributed by atoms with Crippen LogP contribution in [0.5, 0.6) is 0 Å². The van der Waals surface area contributed by atoms with Crippen LogP contribution in [0.2, 0.25) is 0 Å². The van der Waals surface area contributed by atoms with Crippen molar-refractivity contribution in [3.63, 3.8) is 0 Å². The fourth-order valence-corrected chi connectivity index (χ4v) is 2.23. The Morgan fingerprint density at radius 2 is 2.00 bits per heavy atom. The van der Waals surface area contributed by atoms with E-state index in [9.17, 15) is 4.79 Å². The molecule has 0 bridgehead atoms. The van der Waals surface area contributed by atoms with Crippen LogP contribution in [0.1, 0.15) is 21.6 Å². The highest BCUT2D eigenvalue weighted by Gasteiger charge is 2.11. The molecule has 88 valence electrons. The molecule has 2 rings (SSSR count). The van der Waals surface area contributed by atoms with Gasteiger partial charge in [0.1, 0.15) is 5.69 Å². The third-order valence-corrected chi connectivity index (χ3v) is 3.04. The molecule has 0 fully saturated rings. The van der Waals surface area contributed by atoms with Gasteiger partial charge in [-0.15, -0.1) is 11.3 Å². The van der Waals surface area contributed by atoms with Crippen molar-refractivity contribution < 1.29 is 4.79 Å². The van der Waals surface area contributed by atoms with E-state index in [0.29, 0.717) is 11.4 Å². The third kappa shape index (κ3) is 2.45. The van der Waals surface area contributed by atoms with Gasteiger partial charge in [-0.3, -0.25) is 4.79 Å². The number of nitrogens with two attached hydrogens (primary N) is 1. The topological polar surface area (TPSA) is 68.0 Å². The summed E-state index contributed by atoms with van der Waals surface area (Å²) in [6, 6.07) is 3.67. The van der Waals surface area contributed by atoms with E-state index in [4.69, 9.17) is 5.73 Å². The number of aromatic nitrogens is 1. The Kier molecular flexibility index (Phi) is 3.10. The van der Waals surface area contributed by atoms with Gasteiger partial charge in [0.15, 0.2) is 0 Å². The van der Waals surface area contributed by atoms with Crippen LogP contribution in [0.25, 0.3) is 0 Å². The van der Waals surface area contributed by atoms with Crippen LogP contribution in [0.3, 0.4) is 0 Å². The number of benzene rings is 1. The number of hydrogen-bond donors (Lipinski definition) is 2. The molecule has 0 saturated carbocycles. The molecular weight excluding hydrogens is 234 g/mol. The number of thiazole rings is 1. The van der Waals surface area contributed by atoms with Crippen molar-refractivity contribution in [1.29, 1.82) is 0 Å². The molecule has 0 radical (unpaired) electrons. The van der Waals surface area contributed by atoms with Crippen LogP contribution in [-0.2, 0) is 0 Å². The van der Waals surface area contributed by atoms with E-state index in [0.717, 1.165) is 16.8 Å². The van der Waals surface area contributed by atoms with E-state index in [1.165, 1.54) is 11.3 Å². The number of nitrogens with one attached hydrogen (secondary N) is 1. The van der Waals surface area contributed by atoms with Gasteiger partial charge >= 0.3 is 0 Å². The summed E-state index contributed by atoms with van der Waals surface area (Å²) in [6.45, 7) is 3.83. The fraction of sp³-hybridized carbons (Fsp3) is 0.167. The van der Waals surface area contributed by atoms with Crippen molar-refractivity contribution >= 4 is 28.6 Å². The monoisotopic (exact) mass is 247 g/mol. The Labute approximate surface area is 103 Å². The molecule has 0 aliphatic carbocycles. The summed E-state index contributed by atoms with van der Waals surface area (Å²) in [5.41, 5.74) is 11.2. The molecule has 1 aromatic carbocycles. The Morgan fingerprint density at radius 1 is 1.35 bits per heavy atom. The molecule has 4 nitrogen and oxygen atoms in total. The lowest BCUT2D eigenvalue weighted by atomic mass is 10.1. The van der Waals surface area contributed by atoms with E-state index in [1.807, 2.05) is 26.0 Å². The highest BCUT2D eigenvalue weighted by atomic mass is 32.1. The molecule has 0 spiro atoms. The van der Waals surface area contributed by atoms with Crippen molar-refractivity contribution in [1.82, 2.24) is 4.98 Å². The Bertz CT molecular complexity index is 526. The van der Waals surface area contributed by atoms with Gasteiger partial charge in [-0.1, -0.05) is 0 Å². The van der Waals surface area contributed by atoms with Gasteiger partial charge in [0, 0.05) is 16.8 Å². The molecule has 0 atom stereocenters. The van der Waals surface area contributed by atoms with Crippen molar-refractivity contribution in [2.45, 2.75) is 13.8 Å². The van der Waals surface area contributed by atoms with E-state index in [2.05, 4.69) is 10.3 Å². The number of aryl methyl sites for hydroxylation is 2. The summed E-state index contributed by atoms with van der Waals surface area (Å²) in [6.07, 6.45) is 0. The summed E-state index contributed by atoms with van der Waals surface area (Å²) in [5, 5.41) is 4.58. The molecule has 2 aromatic rings. The maximum atomic E-state index is 11.9. The van der Waals surface area contributed by atoms with E-state index in [1.54, 1.807) is 10.9 Å². The number of carbonyl (C=O) groups is 1. The average Bonchev–Trinajstić information content (AvgIpc) is 2.76. The molecule has 0 aliphatic rings. The molecule has 17 heavy (non-hydrogen) atoms. The lowest BCUT2D eigenvalue weighted by Gasteiger charge is -2.11. The van der Waals surface area contributed by atoms with Gasteiger partial charge < -0.3 is 11.1 Å². The zero-order valence-electron chi connectivity index (χ0n) is 9.65. The zero-order valence-corrected chi connectivity index (χ0v) is 10.5. The number of carbonyl (C=O) groups excluding carboxylic acids is 1. The lowest BCUT2D eigenvalue weighted by molar-refractivity contribution is 0.102. The summed E-state index contributed by atoms with van der Waals surface area (Å²) in [5.74, 6) is -0.192. The van der Waals surface area contributed by atoms with E-state index in [-0.39, 0.29) is 5.91 Å². The van der Waals surface area contributed by atoms with E-state index < -0.39 is 0 Å². The summed E-state index contributed by atoms with van der Waals surface area (Å²) >= 11 is 1.40. The largest absolute Gasteiger partial charge is 0.399 e. The van der Waals surface area contributed by atoms with Gasteiger partial charge in [0.05, 0.1) is 5.51 Å². The first-order chi connectivity index (χ1) is 8.08. The molecule has 3 N–H and O–H groups in total.